The van der Waals surface area contributed by atoms with Crippen molar-refractivity contribution in [3.05, 3.63) is 53.9 Å². The van der Waals surface area contributed by atoms with E-state index in [1.807, 2.05) is 29.3 Å². The molecule has 1 saturated heterocycles. The first-order valence-electron chi connectivity index (χ1n) is 8.15. The molecule has 0 spiro atoms. The minimum Gasteiger partial charge on any atom is -0.336 e. The van der Waals surface area contributed by atoms with Crippen LogP contribution in [-0.4, -0.2) is 38.4 Å². The molecule has 1 unspecified atom stereocenters. The van der Waals surface area contributed by atoms with Gasteiger partial charge in [0, 0.05) is 18.7 Å². The molecule has 23 heavy (non-hydrogen) atoms. The summed E-state index contributed by atoms with van der Waals surface area (Å²) in [6.07, 6.45) is 8.61. The third-order valence-corrected chi connectivity index (χ3v) is 4.23. The van der Waals surface area contributed by atoms with Crippen molar-refractivity contribution in [1.82, 2.24) is 19.9 Å². The van der Waals surface area contributed by atoms with E-state index in [4.69, 9.17) is 0 Å². The second-order valence-electron chi connectivity index (χ2n) is 6.04. The lowest BCUT2D eigenvalue weighted by molar-refractivity contribution is -0.129. The zero-order chi connectivity index (χ0) is 16.1. The molecular weight excluding hydrogens is 288 g/mol. The Balaban J connectivity index is 1.61. The van der Waals surface area contributed by atoms with Crippen LogP contribution in [0.25, 0.3) is 6.08 Å². The average Bonchev–Trinajstić information content (AvgIpc) is 3.01. The van der Waals surface area contributed by atoms with Gasteiger partial charge in [-0.15, -0.1) is 5.10 Å². The second kappa shape index (κ2) is 7.22. The zero-order valence-corrected chi connectivity index (χ0v) is 13.4. The van der Waals surface area contributed by atoms with Crippen LogP contribution in [0.2, 0.25) is 0 Å². The standard InChI is InChI=1S/C18H22N4O/c1-15-7-5-6-12-22(15)18(23)11-10-17-14-21(20-19-17)13-16-8-3-2-4-9-16/h2-4,8-11,14-15H,5-7,12-13H2,1H3/b11-10+. The zero-order valence-electron chi connectivity index (χ0n) is 13.4. The first kappa shape index (κ1) is 15.5. The van der Waals surface area contributed by atoms with E-state index in [-0.39, 0.29) is 5.91 Å². The van der Waals surface area contributed by atoms with Gasteiger partial charge in [0.1, 0.15) is 5.69 Å². The molecule has 5 nitrogen and oxygen atoms in total. The van der Waals surface area contributed by atoms with E-state index in [0.29, 0.717) is 18.3 Å². The van der Waals surface area contributed by atoms with Crippen LogP contribution in [0.1, 0.15) is 37.4 Å². The molecule has 1 atom stereocenters. The summed E-state index contributed by atoms with van der Waals surface area (Å²) in [7, 11) is 0. The number of hydrogen-bond donors (Lipinski definition) is 0. The molecule has 5 heteroatoms. The molecule has 0 bridgehead atoms. The molecule has 0 aliphatic carbocycles. The molecule has 1 aliphatic heterocycles. The van der Waals surface area contributed by atoms with Gasteiger partial charge < -0.3 is 4.90 Å². The van der Waals surface area contributed by atoms with Crippen LogP contribution in [0.3, 0.4) is 0 Å². The smallest absolute Gasteiger partial charge is 0.246 e. The summed E-state index contributed by atoms with van der Waals surface area (Å²) < 4.78 is 1.78. The minimum atomic E-state index is 0.0646. The summed E-state index contributed by atoms with van der Waals surface area (Å²) in [6.45, 7) is 3.64. The second-order valence-corrected chi connectivity index (χ2v) is 6.04. The Morgan fingerprint density at radius 2 is 2.13 bits per heavy atom. The van der Waals surface area contributed by atoms with E-state index in [0.717, 1.165) is 19.4 Å². The highest BCUT2D eigenvalue weighted by atomic mass is 16.2. The summed E-state index contributed by atoms with van der Waals surface area (Å²) in [6, 6.07) is 10.4. The van der Waals surface area contributed by atoms with Crippen molar-refractivity contribution in [2.75, 3.05) is 6.54 Å². The monoisotopic (exact) mass is 310 g/mol. The van der Waals surface area contributed by atoms with Crippen molar-refractivity contribution in [2.24, 2.45) is 0 Å². The van der Waals surface area contributed by atoms with E-state index in [1.54, 1.807) is 16.8 Å². The number of carbonyl (C=O) groups is 1. The van der Waals surface area contributed by atoms with Crippen LogP contribution < -0.4 is 0 Å². The van der Waals surface area contributed by atoms with E-state index >= 15 is 0 Å². The molecule has 120 valence electrons. The summed E-state index contributed by atoms with van der Waals surface area (Å²) in [4.78, 5) is 14.2. The van der Waals surface area contributed by atoms with Gasteiger partial charge in [0.05, 0.1) is 12.7 Å². The number of carbonyl (C=O) groups excluding carboxylic acids is 1. The van der Waals surface area contributed by atoms with Crippen LogP contribution in [0.5, 0.6) is 0 Å². The van der Waals surface area contributed by atoms with Gasteiger partial charge in [-0.05, 0) is 37.8 Å². The fraction of sp³-hybridized carbons (Fsp3) is 0.389. The SMILES string of the molecule is CC1CCCCN1C(=O)/C=C/c1cn(Cc2ccccc2)nn1. The lowest BCUT2D eigenvalue weighted by Gasteiger charge is -2.32. The number of amides is 1. The van der Waals surface area contributed by atoms with Crippen molar-refractivity contribution in [1.29, 1.82) is 0 Å². The molecule has 1 fully saturated rings. The lowest BCUT2D eigenvalue weighted by Crippen LogP contribution is -2.41. The summed E-state index contributed by atoms with van der Waals surface area (Å²) in [5, 5.41) is 8.21. The molecule has 1 aliphatic rings. The Hall–Kier alpha value is -2.43. The minimum absolute atomic E-state index is 0.0646. The van der Waals surface area contributed by atoms with Crippen molar-refractivity contribution >= 4 is 12.0 Å². The van der Waals surface area contributed by atoms with Gasteiger partial charge >= 0.3 is 0 Å². The van der Waals surface area contributed by atoms with E-state index in [2.05, 4.69) is 29.4 Å². The third-order valence-electron chi connectivity index (χ3n) is 4.23. The van der Waals surface area contributed by atoms with Gasteiger partial charge in [-0.2, -0.15) is 0 Å². The van der Waals surface area contributed by atoms with Crippen LogP contribution in [0, 0.1) is 0 Å². The van der Waals surface area contributed by atoms with E-state index < -0.39 is 0 Å². The maximum absolute atomic E-state index is 12.3. The van der Waals surface area contributed by atoms with Crippen molar-refractivity contribution in [2.45, 2.75) is 38.8 Å². The molecule has 1 aromatic carbocycles. The number of rotatable bonds is 4. The number of hydrogen-bond acceptors (Lipinski definition) is 3. The molecule has 0 radical (unpaired) electrons. The largest absolute Gasteiger partial charge is 0.336 e. The number of likely N-dealkylation sites (tertiary alicyclic amines) is 1. The van der Waals surface area contributed by atoms with Gasteiger partial charge in [0.2, 0.25) is 5.91 Å². The maximum Gasteiger partial charge on any atom is 0.246 e. The lowest BCUT2D eigenvalue weighted by atomic mass is 10.0. The topological polar surface area (TPSA) is 51.0 Å². The van der Waals surface area contributed by atoms with Gasteiger partial charge in [-0.1, -0.05) is 35.5 Å². The molecule has 2 heterocycles. The van der Waals surface area contributed by atoms with Crippen LogP contribution in [-0.2, 0) is 11.3 Å². The van der Waals surface area contributed by atoms with Crippen LogP contribution >= 0.6 is 0 Å². The fourth-order valence-corrected chi connectivity index (χ4v) is 2.92. The van der Waals surface area contributed by atoms with Gasteiger partial charge in [0.25, 0.3) is 0 Å². The fourth-order valence-electron chi connectivity index (χ4n) is 2.92. The molecule has 0 N–H and O–H groups in total. The van der Waals surface area contributed by atoms with Crippen LogP contribution in [0.15, 0.2) is 42.6 Å². The Morgan fingerprint density at radius 1 is 1.30 bits per heavy atom. The Kier molecular flexibility index (Phi) is 4.86. The summed E-state index contributed by atoms with van der Waals surface area (Å²) in [5.41, 5.74) is 1.88. The summed E-state index contributed by atoms with van der Waals surface area (Å²) >= 11 is 0. The van der Waals surface area contributed by atoms with Gasteiger partial charge in [0.15, 0.2) is 0 Å². The highest BCUT2D eigenvalue weighted by Crippen LogP contribution is 2.16. The van der Waals surface area contributed by atoms with E-state index in [9.17, 15) is 4.79 Å². The van der Waals surface area contributed by atoms with Crippen molar-refractivity contribution in [3.8, 4) is 0 Å². The molecular formula is C18H22N4O. The van der Waals surface area contributed by atoms with Gasteiger partial charge in [-0.25, -0.2) is 4.68 Å². The molecule has 0 saturated carbocycles. The van der Waals surface area contributed by atoms with Crippen molar-refractivity contribution < 1.29 is 4.79 Å². The first-order valence-corrected chi connectivity index (χ1v) is 8.15. The first-order chi connectivity index (χ1) is 11.2. The number of aromatic nitrogens is 3. The predicted octanol–water partition coefficient (Wildman–Crippen LogP) is 2.74. The normalized spacial score (nSPS) is 18.5. The molecule has 3 rings (SSSR count). The van der Waals surface area contributed by atoms with Crippen LogP contribution in [0.4, 0.5) is 0 Å². The quantitative estimate of drug-likeness (QED) is 0.816. The highest BCUT2D eigenvalue weighted by molar-refractivity contribution is 5.91. The number of benzene rings is 1. The average molecular weight is 310 g/mol. The summed E-state index contributed by atoms with van der Waals surface area (Å²) in [5.74, 6) is 0.0646. The van der Waals surface area contributed by atoms with Gasteiger partial charge in [-0.3, -0.25) is 4.79 Å². The Bertz CT molecular complexity index is 677. The van der Waals surface area contributed by atoms with E-state index in [1.165, 1.54) is 12.0 Å². The highest BCUT2D eigenvalue weighted by Gasteiger charge is 2.21. The molecule has 1 amide bonds. The predicted molar refractivity (Wildman–Crippen MR) is 89.6 cm³/mol. The Labute approximate surface area is 136 Å². The number of nitrogens with zero attached hydrogens (tertiary/aromatic N) is 4. The molecule has 2 aromatic rings. The third kappa shape index (κ3) is 4.06. The molecule has 1 aromatic heterocycles. The van der Waals surface area contributed by atoms with Crippen molar-refractivity contribution in [3.63, 3.8) is 0 Å². The maximum atomic E-state index is 12.3. The number of piperidine rings is 1. The Morgan fingerprint density at radius 3 is 2.91 bits per heavy atom.